The number of hydrogen-bond acceptors (Lipinski definition) is 3. The first-order valence-electron chi connectivity index (χ1n) is 6.18. The Morgan fingerprint density at radius 3 is 2.65 bits per heavy atom. The van der Waals surface area contributed by atoms with Crippen molar-refractivity contribution in [2.45, 2.75) is 12.5 Å². The number of methoxy groups -OCH3 is 1. The molecule has 3 N–H and O–H groups in total. The Kier molecular flexibility index (Phi) is 5.60. The summed E-state index contributed by atoms with van der Waals surface area (Å²) in [6.45, 7) is 0. The van der Waals surface area contributed by atoms with Gasteiger partial charge >= 0.3 is 0 Å². The molecule has 0 heterocycles. The van der Waals surface area contributed by atoms with Crippen molar-refractivity contribution in [2.75, 3.05) is 7.11 Å². The van der Waals surface area contributed by atoms with Gasteiger partial charge in [0.1, 0.15) is 5.75 Å². The maximum absolute atomic E-state index is 5.73. The van der Waals surface area contributed by atoms with E-state index < -0.39 is 0 Å². The van der Waals surface area contributed by atoms with E-state index in [0.29, 0.717) is 0 Å². The van der Waals surface area contributed by atoms with Crippen molar-refractivity contribution in [3.8, 4) is 5.75 Å². The Balaban J connectivity index is 2.28. The van der Waals surface area contributed by atoms with Gasteiger partial charge < -0.3 is 4.74 Å². The molecule has 0 saturated heterocycles. The topological polar surface area (TPSA) is 47.3 Å². The van der Waals surface area contributed by atoms with E-state index in [1.54, 1.807) is 7.11 Å². The molecule has 1 atom stereocenters. The molecule has 0 saturated carbocycles. The Hall–Kier alpha value is -0.880. The summed E-state index contributed by atoms with van der Waals surface area (Å²) in [5.74, 6) is 6.55. The highest BCUT2D eigenvalue weighted by atomic mass is 79.9. The molecule has 0 bridgehead atoms. The summed E-state index contributed by atoms with van der Waals surface area (Å²) >= 11 is 7.06. The van der Waals surface area contributed by atoms with Crippen molar-refractivity contribution >= 4 is 31.9 Å². The van der Waals surface area contributed by atoms with Gasteiger partial charge in [0.15, 0.2) is 0 Å². The highest BCUT2D eigenvalue weighted by molar-refractivity contribution is 9.10. The monoisotopic (exact) mass is 398 g/mol. The number of benzene rings is 2. The summed E-state index contributed by atoms with van der Waals surface area (Å²) in [6, 6.07) is 14.1. The molecule has 0 radical (unpaired) electrons. The van der Waals surface area contributed by atoms with Crippen LogP contribution in [0.2, 0.25) is 0 Å². The SMILES string of the molecule is COc1ccc(Br)c(C(Cc2cccc(Br)c2)NN)c1. The highest BCUT2D eigenvalue weighted by Gasteiger charge is 2.15. The van der Waals surface area contributed by atoms with E-state index in [0.717, 1.165) is 26.7 Å². The van der Waals surface area contributed by atoms with Crippen molar-refractivity contribution < 1.29 is 4.74 Å². The van der Waals surface area contributed by atoms with Crippen molar-refractivity contribution in [1.82, 2.24) is 5.43 Å². The second-order valence-corrected chi connectivity index (χ2v) is 6.21. The molecular formula is C15H16Br2N2O. The van der Waals surface area contributed by atoms with Gasteiger partial charge in [0, 0.05) is 8.95 Å². The van der Waals surface area contributed by atoms with E-state index in [1.165, 1.54) is 5.56 Å². The molecule has 0 aliphatic heterocycles. The zero-order chi connectivity index (χ0) is 14.5. The van der Waals surface area contributed by atoms with E-state index in [9.17, 15) is 0 Å². The highest BCUT2D eigenvalue weighted by Crippen LogP contribution is 2.29. The molecule has 0 aliphatic carbocycles. The van der Waals surface area contributed by atoms with Crippen LogP contribution in [0.4, 0.5) is 0 Å². The fraction of sp³-hybridized carbons (Fsp3) is 0.200. The lowest BCUT2D eigenvalue weighted by atomic mass is 9.99. The van der Waals surface area contributed by atoms with Crippen LogP contribution in [-0.2, 0) is 6.42 Å². The minimum absolute atomic E-state index is 0.00812. The number of hydrazine groups is 1. The van der Waals surface area contributed by atoms with Crippen LogP contribution in [0.5, 0.6) is 5.75 Å². The molecular weight excluding hydrogens is 384 g/mol. The maximum Gasteiger partial charge on any atom is 0.119 e. The molecule has 0 spiro atoms. The van der Waals surface area contributed by atoms with Crippen molar-refractivity contribution in [3.05, 3.63) is 62.5 Å². The number of nitrogens with two attached hydrogens (primary N) is 1. The molecule has 5 heteroatoms. The van der Waals surface area contributed by atoms with Crippen LogP contribution in [0.25, 0.3) is 0 Å². The Morgan fingerprint density at radius 1 is 1.20 bits per heavy atom. The standard InChI is InChI=1S/C15H16Br2N2O/c1-20-12-5-6-14(17)13(9-12)15(19-18)8-10-3-2-4-11(16)7-10/h2-7,9,15,19H,8,18H2,1H3. The molecule has 0 amide bonds. The predicted octanol–water partition coefficient (Wildman–Crippen LogP) is 3.97. The summed E-state index contributed by atoms with van der Waals surface area (Å²) in [6.07, 6.45) is 0.793. The quantitative estimate of drug-likeness (QED) is 0.590. The van der Waals surface area contributed by atoms with Crippen molar-refractivity contribution in [1.29, 1.82) is 0 Å². The molecule has 0 aromatic heterocycles. The first kappa shape index (κ1) is 15.5. The summed E-state index contributed by atoms with van der Waals surface area (Å²) in [5.41, 5.74) is 5.16. The van der Waals surface area contributed by atoms with Crippen molar-refractivity contribution in [2.24, 2.45) is 5.84 Å². The van der Waals surface area contributed by atoms with Gasteiger partial charge in [-0.15, -0.1) is 0 Å². The predicted molar refractivity (Wildman–Crippen MR) is 88.6 cm³/mol. The van der Waals surface area contributed by atoms with E-state index in [4.69, 9.17) is 10.6 Å². The molecule has 2 rings (SSSR count). The average molecular weight is 400 g/mol. The molecule has 0 fully saturated rings. The molecule has 1 unspecified atom stereocenters. The first-order valence-corrected chi connectivity index (χ1v) is 7.76. The lowest BCUT2D eigenvalue weighted by Crippen LogP contribution is -2.29. The van der Waals surface area contributed by atoms with Crippen LogP contribution in [0.1, 0.15) is 17.2 Å². The van der Waals surface area contributed by atoms with Crippen molar-refractivity contribution in [3.63, 3.8) is 0 Å². The van der Waals surface area contributed by atoms with Crippen LogP contribution in [0.15, 0.2) is 51.4 Å². The molecule has 3 nitrogen and oxygen atoms in total. The molecule has 2 aromatic carbocycles. The second-order valence-electron chi connectivity index (χ2n) is 4.44. The fourth-order valence-corrected chi connectivity index (χ4v) is 3.04. The zero-order valence-electron chi connectivity index (χ0n) is 11.1. The zero-order valence-corrected chi connectivity index (χ0v) is 14.2. The van der Waals surface area contributed by atoms with Gasteiger partial charge in [-0.3, -0.25) is 11.3 Å². The lowest BCUT2D eigenvalue weighted by Gasteiger charge is -2.19. The van der Waals surface area contributed by atoms with Crippen LogP contribution >= 0.6 is 31.9 Å². The Labute approximate surface area is 135 Å². The lowest BCUT2D eigenvalue weighted by molar-refractivity contribution is 0.412. The van der Waals surface area contributed by atoms with Crippen LogP contribution in [0.3, 0.4) is 0 Å². The van der Waals surface area contributed by atoms with E-state index in [2.05, 4.69) is 49.4 Å². The molecule has 0 aliphatic rings. The van der Waals surface area contributed by atoms with Crippen LogP contribution in [0, 0.1) is 0 Å². The summed E-state index contributed by atoms with van der Waals surface area (Å²) in [5, 5.41) is 0. The summed E-state index contributed by atoms with van der Waals surface area (Å²) in [4.78, 5) is 0. The number of hydrogen-bond donors (Lipinski definition) is 2. The third-order valence-electron chi connectivity index (χ3n) is 3.11. The van der Waals surface area contributed by atoms with Gasteiger partial charge in [0.2, 0.25) is 0 Å². The first-order chi connectivity index (χ1) is 9.63. The van der Waals surface area contributed by atoms with Gasteiger partial charge in [-0.1, -0.05) is 44.0 Å². The molecule has 20 heavy (non-hydrogen) atoms. The van der Waals surface area contributed by atoms with E-state index >= 15 is 0 Å². The number of ether oxygens (including phenoxy) is 1. The number of halogens is 2. The number of rotatable bonds is 5. The van der Waals surface area contributed by atoms with Gasteiger partial charge in [-0.05, 0) is 47.9 Å². The second kappa shape index (κ2) is 7.22. The Morgan fingerprint density at radius 2 is 2.00 bits per heavy atom. The maximum atomic E-state index is 5.73. The smallest absolute Gasteiger partial charge is 0.119 e. The molecule has 106 valence electrons. The van der Waals surface area contributed by atoms with E-state index in [1.807, 2.05) is 30.3 Å². The average Bonchev–Trinajstić information content (AvgIpc) is 2.46. The number of nitrogens with one attached hydrogen (secondary N) is 1. The molecule has 2 aromatic rings. The van der Waals surface area contributed by atoms with Gasteiger partial charge in [0.05, 0.1) is 13.2 Å². The van der Waals surface area contributed by atoms with Gasteiger partial charge in [0.25, 0.3) is 0 Å². The minimum Gasteiger partial charge on any atom is -0.497 e. The minimum atomic E-state index is 0.00812. The van der Waals surface area contributed by atoms with Crippen LogP contribution < -0.4 is 16.0 Å². The summed E-state index contributed by atoms with van der Waals surface area (Å²) < 4.78 is 7.35. The third-order valence-corrected chi connectivity index (χ3v) is 4.32. The summed E-state index contributed by atoms with van der Waals surface area (Å²) in [7, 11) is 1.66. The van der Waals surface area contributed by atoms with Gasteiger partial charge in [-0.25, -0.2) is 0 Å². The normalized spacial score (nSPS) is 12.2. The van der Waals surface area contributed by atoms with E-state index in [-0.39, 0.29) is 6.04 Å². The largest absolute Gasteiger partial charge is 0.497 e. The third kappa shape index (κ3) is 3.82. The van der Waals surface area contributed by atoms with Crippen LogP contribution in [-0.4, -0.2) is 7.11 Å². The Bertz CT molecular complexity index is 590. The fourth-order valence-electron chi connectivity index (χ4n) is 2.07. The van der Waals surface area contributed by atoms with Gasteiger partial charge in [-0.2, -0.15) is 0 Å².